The Labute approximate surface area is 368 Å². The van der Waals surface area contributed by atoms with Gasteiger partial charge in [0.05, 0.1) is 5.41 Å². The van der Waals surface area contributed by atoms with Crippen molar-refractivity contribution in [3.63, 3.8) is 0 Å². The van der Waals surface area contributed by atoms with Crippen LogP contribution in [0.15, 0.2) is 237 Å². The minimum atomic E-state index is -0.385. The van der Waals surface area contributed by atoms with E-state index < -0.39 is 0 Å². The summed E-state index contributed by atoms with van der Waals surface area (Å²) in [7, 11) is 0. The molecule has 0 radical (unpaired) electrons. The van der Waals surface area contributed by atoms with Gasteiger partial charge in [0.15, 0.2) is 0 Å². The Bertz CT molecular complexity index is 3390. The van der Waals surface area contributed by atoms with Gasteiger partial charge < -0.3 is 4.90 Å². The number of anilines is 3. The number of nitrogens with zero attached hydrogens (tertiary/aromatic N) is 1. The summed E-state index contributed by atoms with van der Waals surface area (Å²) in [4.78, 5) is 2.41. The molecule has 13 rings (SSSR count). The van der Waals surface area contributed by atoms with Gasteiger partial charge in [0.2, 0.25) is 0 Å². The summed E-state index contributed by atoms with van der Waals surface area (Å²) < 4.78 is 0. The Balaban J connectivity index is 1.04. The van der Waals surface area contributed by atoms with Crippen molar-refractivity contribution < 1.29 is 0 Å². The number of para-hydroxylation sites is 1. The smallest absolute Gasteiger partial charge is 0.0725 e. The molecule has 1 spiro atoms. The lowest BCUT2D eigenvalue weighted by molar-refractivity contribution is 0.794. The molecule has 0 heterocycles. The lowest BCUT2D eigenvalue weighted by Crippen LogP contribution is -2.25. The van der Waals surface area contributed by atoms with Crippen LogP contribution in [0, 0.1) is 0 Å². The molecule has 63 heavy (non-hydrogen) atoms. The summed E-state index contributed by atoms with van der Waals surface area (Å²) in [5.41, 5.74) is 26.3. The number of hydrogen-bond donors (Lipinski definition) is 0. The number of fused-ring (bicyclic) bond motifs is 13. The first-order valence-corrected chi connectivity index (χ1v) is 22.0. The molecule has 10 aromatic rings. The molecule has 0 atom stereocenters. The molecule has 0 fully saturated rings. The van der Waals surface area contributed by atoms with Crippen molar-refractivity contribution in [1.82, 2.24) is 0 Å². The van der Waals surface area contributed by atoms with E-state index in [1.165, 1.54) is 100 Å². The first-order chi connectivity index (χ1) is 31.2. The predicted molar refractivity (Wildman–Crippen MR) is 262 cm³/mol. The normalized spacial score (nSPS) is 13.1. The van der Waals surface area contributed by atoms with Crippen LogP contribution in [0.4, 0.5) is 17.1 Å². The summed E-state index contributed by atoms with van der Waals surface area (Å²) >= 11 is 0. The lowest BCUT2D eigenvalue weighted by Gasteiger charge is -2.30. The SMILES string of the molecule is c1ccc(-c2cccc(N(c3ccccc3)c3ccc(-c4ccc5c(c4)-c4ccccc4C5)c(-c4ccc5c(c4)-c4ccccc4C54c5ccccc5-c5ccccc54)c3)c2)cc1. The van der Waals surface area contributed by atoms with Crippen LogP contribution in [-0.4, -0.2) is 0 Å². The average Bonchev–Trinajstić information content (AvgIpc) is 3.98. The highest BCUT2D eigenvalue weighted by atomic mass is 15.1. The van der Waals surface area contributed by atoms with Crippen LogP contribution >= 0.6 is 0 Å². The van der Waals surface area contributed by atoms with Crippen LogP contribution in [0.3, 0.4) is 0 Å². The third-order valence-corrected chi connectivity index (χ3v) is 13.9. The first kappa shape index (κ1) is 35.7. The van der Waals surface area contributed by atoms with E-state index in [2.05, 4.69) is 241 Å². The molecule has 0 N–H and O–H groups in total. The second-order valence-corrected chi connectivity index (χ2v) is 17.2. The zero-order valence-electron chi connectivity index (χ0n) is 34.7. The van der Waals surface area contributed by atoms with Crippen molar-refractivity contribution in [3.05, 3.63) is 270 Å². The summed E-state index contributed by atoms with van der Waals surface area (Å²) in [5.74, 6) is 0. The molecular weight excluding hydrogens is 759 g/mol. The maximum absolute atomic E-state index is 2.49. The Morgan fingerprint density at radius 1 is 0.254 bits per heavy atom. The second-order valence-electron chi connectivity index (χ2n) is 17.2. The summed E-state index contributed by atoms with van der Waals surface area (Å²) in [6.45, 7) is 0. The average molecular weight is 800 g/mol. The zero-order valence-corrected chi connectivity index (χ0v) is 34.7. The van der Waals surface area contributed by atoms with Gasteiger partial charge in [0, 0.05) is 17.1 Å². The molecule has 1 nitrogen and oxygen atoms in total. The van der Waals surface area contributed by atoms with Gasteiger partial charge in [-0.2, -0.15) is 0 Å². The van der Waals surface area contributed by atoms with Crippen LogP contribution < -0.4 is 4.90 Å². The number of rotatable bonds is 6. The minimum absolute atomic E-state index is 0.385. The van der Waals surface area contributed by atoms with E-state index in [1.54, 1.807) is 0 Å². The van der Waals surface area contributed by atoms with Gasteiger partial charge in [0.25, 0.3) is 0 Å². The number of benzene rings is 10. The molecule has 3 aliphatic rings. The monoisotopic (exact) mass is 799 g/mol. The molecule has 0 saturated heterocycles. The van der Waals surface area contributed by atoms with E-state index in [-0.39, 0.29) is 5.41 Å². The minimum Gasteiger partial charge on any atom is -0.310 e. The van der Waals surface area contributed by atoms with Gasteiger partial charge in [0.1, 0.15) is 0 Å². The third kappa shape index (κ3) is 5.36. The van der Waals surface area contributed by atoms with Gasteiger partial charge in [-0.05, 0) is 155 Å². The molecule has 3 aliphatic carbocycles. The van der Waals surface area contributed by atoms with Crippen LogP contribution in [-0.2, 0) is 11.8 Å². The Morgan fingerprint density at radius 3 is 1.49 bits per heavy atom. The Hall–Kier alpha value is -8.00. The summed E-state index contributed by atoms with van der Waals surface area (Å²) in [6.07, 6.45) is 0.976. The Kier molecular flexibility index (Phi) is 7.95. The summed E-state index contributed by atoms with van der Waals surface area (Å²) in [6, 6.07) is 88.1. The molecule has 294 valence electrons. The van der Waals surface area contributed by atoms with Gasteiger partial charge in [-0.15, -0.1) is 0 Å². The highest BCUT2D eigenvalue weighted by molar-refractivity contribution is 5.98. The van der Waals surface area contributed by atoms with Crippen LogP contribution in [0.1, 0.15) is 33.4 Å². The highest BCUT2D eigenvalue weighted by Gasteiger charge is 2.51. The Morgan fingerprint density at radius 2 is 0.762 bits per heavy atom. The van der Waals surface area contributed by atoms with E-state index in [4.69, 9.17) is 0 Å². The van der Waals surface area contributed by atoms with Crippen molar-refractivity contribution in [2.24, 2.45) is 0 Å². The van der Waals surface area contributed by atoms with Crippen molar-refractivity contribution in [1.29, 1.82) is 0 Å². The third-order valence-electron chi connectivity index (χ3n) is 13.9. The second kappa shape index (κ2) is 14.0. The predicted octanol–water partition coefficient (Wildman–Crippen LogP) is 16.1. The molecule has 0 aromatic heterocycles. The maximum atomic E-state index is 2.49. The van der Waals surface area contributed by atoms with E-state index in [1.807, 2.05) is 0 Å². The van der Waals surface area contributed by atoms with Crippen LogP contribution in [0.5, 0.6) is 0 Å². The quantitative estimate of drug-likeness (QED) is 0.162. The van der Waals surface area contributed by atoms with Gasteiger partial charge in [-0.1, -0.05) is 188 Å². The van der Waals surface area contributed by atoms with Crippen molar-refractivity contribution in [2.75, 3.05) is 4.90 Å². The fourth-order valence-electron chi connectivity index (χ4n) is 11.2. The maximum Gasteiger partial charge on any atom is 0.0725 e. The van der Waals surface area contributed by atoms with E-state index in [0.29, 0.717) is 0 Å². The van der Waals surface area contributed by atoms with Crippen molar-refractivity contribution in [3.8, 4) is 66.8 Å². The standard InChI is InChI=1S/C62H41N/c1-3-16-41(17-4-1)42-19-15-22-48(37-42)63(47-20-5-2-6-21-47)49-33-34-51(45-31-30-44-36-43-18-7-8-23-50(43)55(44)38-45)56(40-49)46-32-35-61-57(39-46)54-26-11-14-29-60(54)62(61)58-27-12-9-24-52(58)53-25-10-13-28-59(53)62/h1-35,37-40H,36H2. The van der Waals surface area contributed by atoms with E-state index in [0.717, 1.165) is 23.5 Å². The largest absolute Gasteiger partial charge is 0.310 e. The van der Waals surface area contributed by atoms with Gasteiger partial charge in [-0.25, -0.2) is 0 Å². The molecule has 0 aliphatic heterocycles. The molecule has 0 bridgehead atoms. The molecular formula is C62H41N. The van der Waals surface area contributed by atoms with E-state index in [9.17, 15) is 0 Å². The van der Waals surface area contributed by atoms with Crippen molar-refractivity contribution in [2.45, 2.75) is 11.8 Å². The molecule has 1 heteroatoms. The molecule has 10 aromatic carbocycles. The number of hydrogen-bond acceptors (Lipinski definition) is 1. The fraction of sp³-hybridized carbons (Fsp3) is 0.0323. The molecule has 0 amide bonds. The van der Waals surface area contributed by atoms with Crippen LogP contribution in [0.2, 0.25) is 0 Å². The highest BCUT2D eigenvalue weighted by Crippen LogP contribution is 2.63. The first-order valence-electron chi connectivity index (χ1n) is 22.0. The van der Waals surface area contributed by atoms with Crippen LogP contribution in [0.25, 0.3) is 66.8 Å². The fourth-order valence-corrected chi connectivity index (χ4v) is 11.2. The molecule has 0 unspecified atom stereocenters. The summed E-state index contributed by atoms with van der Waals surface area (Å²) in [5, 5.41) is 0. The lowest BCUT2D eigenvalue weighted by atomic mass is 9.70. The zero-order chi connectivity index (χ0) is 41.5. The topological polar surface area (TPSA) is 3.24 Å². The molecule has 0 saturated carbocycles. The van der Waals surface area contributed by atoms with E-state index >= 15 is 0 Å². The van der Waals surface area contributed by atoms with Gasteiger partial charge in [-0.3, -0.25) is 0 Å². The van der Waals surface area contributed by atoms with Gasteiger partial charge >= 0.3 is 0 Å². The van der Waals surface area contributed by atoms with Crippen molar-refractivity contribution >= 4 is 17.1 Å².